The highest BCUT2D eigenvalue weighted by Crippen LogP contribution is 2.26. The van der Waals surface area contributed by atoms with E-state index in [9.17, 15) is 20.0 Å². The average molecular weight is 197 g/mol. The Morgan fingerprint density at radius 3 is 2.57 bits per heavy atom. The number of aldehydes is 1. The quantitative estimate of drug-likeness (QED) is 0.420. The second kappa shape index (κ2) is 3.84. The van der Waals surface area contributed by atoms with Crippen LogP contribution in [0.15, 0.2) is 12.1 Å². The number of non-ortho nitro benzene ring substituents is 1. The van der Waals surface area contributed by atoms with Crippen LogP contribution in [0.25, 0.3) is 0 Å². The van der Waals surface area contributed by atoms with E-state index in [-0.39, 0.29) is 16.8 Å². The Morgan fingerprint density at radius 2 is 2.14 bits per heavy atom. The van der Waals surface area contributed by atoms with Gasteiger partial charge in [-0.3, -0.25) is 14.9 Å². The molecule has 0 aliphatic rings. The molecule has 0 aliphatic heterocycles. The highest BCUT2D eigenvalue weighted by molar-refractivity contribution is 5.81. The minimum atomic E-state index is -0.703. The maximum absolute atomic E-state index is 10.4. The van der Waals surface area contributed by atoms with Crippen molar-refractivity contribution in [2.24, 2.45) is 0 Å². The summed E-state index contributed by atoms with van der Waals surface area (Å²) in [5.74, 6) is -0.423. The number of aromatic hydroxyl groups is 1. The molecule has 0 fully saturated rings. The first kappa shape index (κ1) is 10.1. The molecular formula is C8H7NO5. The summed E-state index contributed by atoms with van der Waals surface area (Å²) >= 11 is 0. The van der Waals surface area contributed by atoms with Gasteiger partial charge < -0.3 is 10.2 Å². The molecule has 0 spiro atoms. The molecule has 0 amide bonds. The summed E-state index contributed by atoms with van der Waals surface area (Å²) < 4.78 is 0. The summed E-state index contributed by atoms with van der Waals surface area (Å²) in [7, 11) is 0. The van der Waals surface area contributed by atoms with E-state index in [2.05, 4.69) is 0 Å². The standard InChI is InChI=1S/C8H7NO5/c10-3-5-1-7(9(13)14)2-6(4-11)8(5)12/h1-3,11-12H,4H2. The zero-order valence-corrected chi connectivity index (χ0v) is 7.01. The van der Waals surface area contributed by atoms with Crippen LogP contribution in [0, 0.1) is 10.1 Å². The van der Waals surface area contributed by atoms with Gasteiger partial charge in [0, 0.05) is 17.7 Å². The van der Waals surface area contributed by atoms with Gasteiger partial charge in [-0.25, -0.2) is 0 Å². The Hall–Kier alpha value is -1.95. The van der Waals surface area contributed by atoms with E-state index < -0.39 is 17.3 Å². The zero-order chi connectivity index (χ0) is 10.7. The fraction of sp³-hybridized carbons (Fsp3) is 0.125. The molecule has 1 rings (SSSR count). The van der Waals surface area contributed by atoms with Crippen molar-refractivity contribution in [3.8, 4) is 5.75 Å². The van der Waals surface area contributed by atoms with E-state index in [1.54, 1.807) is 0 Å². The number of hydrogen-bond donors (Lipinski definition) is 2. The van der Waals surface area contributed by atoms with Crippen molar-refractivity contribution >= 4 is 12.0 Å². The Morgan fingerprint density at radius 1 is 1.50 bits per heavy atom. The Labute approximate surface area is 78.6 Å². The summed E-state index contributed by atoms with van der Waals surface area (Å²) in [5.41, 5.74) is -0.585. The number of nitrogens with zero attached hydrogens (tertiary/aromatic N) is 1. The minimum absolute atomic E-state index is 0.0405. The third kappa shape index (κ3) is 1.69. The smallest absolute Gasteiger partial charge is 0.270 e. The molecular weight excluding hydrogens is 190 g/mol. The average Bonchev–Trinajstić information content (AvgIpc) is 2.17. The van der Waals surface area contributed by atoms with E-state index in [1.165, 1.54) is 0 Å². The van der Waals surface area contributed by atoms with Gasteiger partial charge in [0.1, 0.15) is 5.75 Å². The van der Waals surface area contributed by atoms with Crippen molar-refractivity contribution in [1.82, 2.24) is 0 Å². The molecule has 14 heavy (non-hydrogen) atoms. The zero-order valence-electron chi connectivity index (χ0n) is 7.01. The Bertz CT molecular complexity index is 388. The molecule has 1 aromatic carbocycles. The monoisotopic (exact) mass is 197 g/mol. The van der Waals surface area contributed by atoms with Crippen LogP contribution in [0.3, 0.4) is 0 Å². The van der Waals surface area contributed by atoms with Crippen molar-refractivity contribution in [1.29, 1.82) is 0 Å². The van der Waals surface area contributed by atoms with E-state index in [0.29, 0.717) is 6.29 Å². The number of carbonyl (C=O) groups is 1. The van der Waals surface area contributed by atoms with Crippen molar-refractivity contribution in [3.05, 3.63) is 33.4 Å². The maximum atomic E-state index is 10.4. The SMILES string of the molecule is O=Cc1cc([N+](=O)[O-])cc(CO)c1O. The third-order valence-corrected chi connectivity index (χ3v) is 1.71. The molecule has 0 bridgehead atoms. The Balaban J connectivity index is 3.39. The molecule has 0 atom stereocenters. The highest BCUT2D eigenvalue weighted by Gasteiger charge is 2.14. The summed E-state index contributed by atoms with van der Waals surface area (Å²) in [5, 5.41) is 28.4. The predicted molar refractivity (Wildman–Crippen MR) is 46.1 cm³/mol. The predicted octanol–water partition coefficient (Wildman–Crippen LogP) is 0.605. The summed E-state index contributed by atoms with van der Waals surface area (Å²) in [4.78, 5) is 20.1. The lowest BCUT2D eigenvalue weighted by Crippen LogP contribution is -1.95. The van der Waals surface area contributed by atoms with Gasteiger partial charge in [0.15, 0.2) is 6.29 Å². The van der Waals surface area contributed by atoms with E-state index in [4.69, 9.17) is 5.11 Å². The van der Waals surface area contributed by atoms with Gasteiger partial charge in [0.2, 0.25) is 0 Å². The number of nitro groups is 1. The van der Waals surface area contributed by atoms with Crippen molar-refractivity contribution in [2.75, 3.05) is 0 Å². The minimum Gasteiger partial charge on any atom is -0.507 e. The second-order valence-corrected chi connectivity index (χ2v) is 2.58. The number of carbonyl (C=O) groups excluding carboxylic acids is 1. The van der Waals surface area contributed by atoms with Gasteiger partial charge in [-0.05, 0) is 0 Å². The molecule has 6 nitrogen and oxygen atoms in total. The molecule has 2 N–H and O–H groups in total. The number of hydrogen-bond acceptors (Lipinski definition) is 5. The first-order chi connectivity index (χ1) is 6.60. The first-order valence-electron chi connectivity index (χ1n) is 3.66. The summed E-state index contributed by atoms with van der Waals surface area (Å²) in [6.07, 6.45) is 0.293. The largest absolute Gasteiger partial charge is 0.507 e. The van der Waals surface area contributed by atoms with Gasteiger partial charge in [-0.15, -0.1) is 0 Å². The van der Waals surface area contributed by atoms with Crippen LogP contribution in [-0.4, -0.2) is 21.4 Å². The van der Waals surface area contributed by atoms with Crippen LogP contribution in [0.5, 0.6) is 5.75 Å². The number of rotatable bonds is 3. The number of aliphatic hydroxyl groups is 1. The fourth-order valence-electron chi connectivity index (χ4n) is 1.02. The first-order valence-corrected chi connectivity index (χ1v) is 3.66. The molecule has 0 aliphatic carbocycles. The van der Waals surface area contributed by atoms with Crippen LogP contribution in [-0.2, 0) is 6.61 Å². The summed E-state index contributed by atoms with van der Waals surface area (Å²) in [6, 6.07) is 1.96. The van der Waals surface area contributed by atoms with Crippen LogP contribution < -0.4 is 0 Å². The number of phenols is 1. The fourth-order valence-corrected chi connectivity index (χ4v) is 1.02. The summed E-state index contributed by atoms with van der Waals surface area (Å²) in [6.45, 7) is -0.561. The maximum Gasteiger partial charge on any atom is 0.270 e. The van der Waals surface area contributed by atoms with Crippen LogP contribution >= 0.6 is 0 Å². The van der Waals surface area contributed by atoms with E-state index >= 15 is 0 Å². The topological polar surface area (TPSA) is 101 Å². The van der Waals surface area contributed by atoms with Crippen LogP contribution in [0.1, 0.15) is 15.9 Å². The van der Waals surface area contributed by atoms with Crippen molar-refractivity contribution < 1.29 is 19.9 Å². The van der Waals surface area contributed by atoms with Crippen molar-refractivity contribution in [2.45, 2.75) is 6.61 Å². The molecule has 74 valence electrons. The number of nitro benzene ring substituents is 1. The second-order valence-electron chi connectivity index (χ2n) is 2.58. The lowest BCUT2D eigenvalue weighted by atomic mass is 10.1. The van der Waals surface area contributed by atoms with Crippen LogP contribution in [0.2, 0.25) is 0 Å². The molecule has 0 unspecified atom stereocenters. The highest BCUT2D eigenvalue weighted by atomic mass is 16.6. The molecule has 0 saturated carbocycles. The molecule has 0 radical (unpaired) electrons. The lowest BCUT2D eigenvalue weighted by Gasteiger charge is -2.03. The molecule has 0 heterocycles. The van der Waals surface area contributed by atoms with E-state index in [1.807, 2.05) is 0 Å². The van der Waals surface area contributed by atoms with Gasteiger partial charge >= 0.3 is 0 Å². The van der Waals surface area contributed by atoms with Crippen molar-refractivity contribution in [3.63, 3.8) is 0 Å². The Kier molecular flexibility index (Phi) is 2.78. The third-order valence-electron chi connectivity index (χ3n) is 1.71. The number of aliphatic hydroxyl groups excluding tert-OH is 1. The lowest BCUT2D eigenvalue weighted by molar-refractivity contribution is -0.385. The van der Waals surface area contributed by atoms with Gasteiger partial charge in [-0.2, -0.15) is 0 Å². The van der Waals surface area contributed by atoms with Crippen LogP contribution in [0.4, 0.5) is 5.69 Å². The van der Waals surface area contributed by atoms with E-state index in [0.717, 1.165) is 12.1 Å². The van der Waals surface area contributed by atoms with Gasteiger partial charge in [-0.1, -0.05) is 0 Å². The normalized spacial score (nSPS) is 9.79. The number of benzene rings is 1. The molecule has 0 aromatic heterocycles. The molecule has 0 saturated heterocycles. The molecule has 6 heteroatoms. The van der Waals surface area contributed by atoms with Gasteiger partial charge in [0.25, 0.3) is 5.69 Å². The van der Waals surface area contributed by atoms with Gasteiger partial charge in [0.05, 0.1) is 17.1 Å². The molecule has 1 aromatic rings.